The largest absolute Gasteiger partial charge is 0.396 e. The Kier molecular flexibility index (Phi) is 6.39. The number of hydrogen-bond donors (Lipinski definition) is 1. The van der Waals surface area contributed by atoms with Crippen LogP contribution in [-0.4, -0.2) is 26.7 Å². The van der Waals surface area contributed by atoms with Gasteiger partial charge in [0.05, 0.1) is 18.1 Å². The van der Waals surface area contributed by atoms with E-state index in [1.165, 1.54) is 12.1 Å². The molecule has 0 aliphatic carbocycles. The van der Waals surface area contributed by atoms with Crippen LogP contribution in [0.2, 0.25) is 0 Å². The molecule has 4 nitrogen and oxygen atoms in total. The average molecular weight is 298 g/mol. The van der Waals surface area contributed by atoms with Crippen molar-refractivity contribution in [1.82, 2.24) is 0 Å². The molecule has 0 spiro atoms. The van der Waals surface area contributed by atoms with E-state index in [2.05, 4.69) is 0 Å². The number of allylic oxidation sites excluding steroid dienone is 1. The van der Waals surface area contributed by atoms with Gasteiger partial charge in [-0.05, 0) is 25.0 Å². The highest BCUT2D eigenvalue weighted by Crippen LogP contribution is 2.15. The van der Waals surface area contributed by atoms with E-state index in [1.807, 2.05) is 26.8 Å². The number of aliphatic hydroxyl groups excluding tert-OH is 1. The summed E-state index contributed by atoms with van der Waals surface area (Å²) in [7, 11) is -3.77. The minimum atomic E-state index is -3.77. The van der Waals surface area contributed by atoms with Gasteiger partial charge in [0.2, 0.25) is 0 Å². The van der Waals surface area contributed by atoms with Crippen LogP contribution >= 0.6 is 0 Å². The van der Waals surface area contributed by atoms with Crippen LogP contribution in [0.25, 0.3) is 0 Å². The van der Waals surface area contributed by atoms with Gasteiger partial charge < -0.3 is 5.11 Å². The molecule has 0 aromatic heterocycles. The van der Waals surface area contributed by atoms with Gasteiger partial charge in [0.15, 0.2) is 0 Å². The van der Waals surface area contributed by atoms with Crippen LogP contribution in [-0.2, 0) is 14.3 Å². The topological polar surface area (TPSA) is 63.6 Å². The monoisotopic (exact) mass is 298 g/mol. The number of aryl methyl sites for hydroxylation is 1. The molecular weight excluding hydrogens is 276 g/mol. The van der Waals surface area contributed by atoms with Gasteiger partial charge in [0, 0.05) is 5.92 Å². The van der Waals surface area contributed by atoms with E-state index >= 15 is 0 Å². The summed E-state index contributed by atoms with van der Waals surface area (Å²) in [5, 5.41) is 9.22. The van der Waals surface area contributed by atoms with Crippen LogP contribution in [0.15, 0.2) is 41.3 Å². The maximum absolute atomic E-state index is 12.0. The summed E-state index contributed by atoms with van der Waals surface area (Å²) in [5.74, 6) is 0.0235. The van der Waals surface area contributed by atoms with Crippen LogP contribution in [0.1, 0.15) is 19.4 Å². The van der Waals surface area contributed by atoms with Crippen molar-refractivity contribution in [1.29, 1.82) is 0 Å². The molecule has 1 atom stereocenters. The molecular formula is C15H22O4S. The van der Waals surface area contributed by atoms with Crippen molar-refractivity contribution < 1.29 is 17.7 Å². The molecule has 1 aromatic rings. The van der Waals surface area contributed by atoms with Gasteiger partial charge in [0.1, 0.15) is 0 Å². The van der Waals surface area contributed by atoms with Gasteiger partial charge >= 0.3 is 0 Å². The zero-order chi connectivity index (χ0) is 15.2. The molecule has 0 unspecified atom stereocenters. The standard InChI is InChI=1S/C15H22O4S/c1-12(2)4-7-14(10-16)11-19-20(17,18)15-8-5-13(3)6-9-15/h4-9,12,14,16H,10-11H2,1-3H3/b7-4+/t14-/m1/s1. The van der Waals surface area contributed by atoms with Gasteiger partial charge in [-0.15, -0.1) is 0 Å². The Bertz CT molecular complexity index is 529. The van der Waals surface area contributed by atoms with Gasteiger partial charge in [0.25, 0.3) is 10.1 Å². The first-order valence-corrected chi connectivity index (χ1v) is 8.01. The summed E-state index contributed by atoms with van der Waals surface area (Å²) in [4.78, 5) is 0.132. The SMILES string of the molecule is Cc1ccc(S(=O)(=O)OC[C@H](/C=C/C(C)C)CO)cc1. The first kappa shape index (κ1) is 16.9. The van der Waals surface area contributed by atoms with Crippen molar-refractivity contribution in [2.24, 2.45) is 11.8 Å². The van der Waals surface area contributed by atoms with Gasteiger partial charge in [-0.3, -0.25) is 4.18 Å². The van der Waals surface area contributed by atoms with E-state index < -0.39 is 10.1 Å². The van der Waals surface area contributed by atoms with E-state index in [4.69, 9.17) is 4.18 Å². The molecule has 0 amide bonds. The second kappa shape index (κ2) is 7.57. The van der Waals surface area contributed by atoms with E-state index in [1.54, 1.807) is 18.2 Å². The van der Waals surface area contributed by atoms with Crippen molar-refractivity contribution in [3.63, 3.8) is 0 Å². The summed E-state index contributed by atoms with van der Waals surface area (Å²) in [6, 6.07) is 6.47. The predicted octanol–water partition coefficient (Wildman–Crippen LogP) is 2.52. The van der Waals surface area contributed by atoms with Crippen molar-refractivity contribution in [2.75, 3.05) is 13.2 Å². The maximum atomic E-state index is 12.0. The van der Waals surface area contributed by atoms with Gasteiger partial charge in [-0.2, -0.15) is 8.42 Å². The Labute approximate surface area is 121 Å². The molecule has 0 saturated carbocycles. The fourth-order valence-corrected chi connectivity index (χ4v) is 2.46. The normalized spacial score (nSPS) is 14.1. The highest BCUT2D eigenvalue weighted by Gasteiger charge is 2.17. The second-order valence-corrected chi connectivity index (χ2v) is 6.74. The Morgan fingerprint density at radius 3 is 2.30 bits per heavy atom. The van der Waals surface area contributed by atoms with E-state index in [0.717, 1.165) is 5.56 Å². The Morgan fingerprint density at radius 1 is 1.20 bits per heavy atom. The lowest BCUT2D eigenvalue weighted by Crippen LogP contribution is -2.16. The molecule has 0 radical (unpaired) electrons. The lowest BCUT2D eigenvalue weighted by atomic mass is 10.1. The first-order chi connectivity index (χ1) is 9.35. The van der Waals surface area contributed by atoms with Crippen molar-refractivity contribution in [2.45, 2.75) is 25.7 Å². The lowest BCUT2D eigenvalue weighted by Gasteiger charge is -2.11. The molecule has 1 rings (SSSR count). The number of hydrogen-bond acceptors (Lipinski definition) is 4. The lowest BCUT2D eigenvalue weighted by molar-refractivity contribution is 0.193. The molecule has 0 saturated heterocycles. The quantitative estimate of drug-likeness (QED) is 0.620. The van der Waals surface area contributed by atoms with E-state index in [9.17, 15) is 13.5 Å². The Balaban J connectivity index is 2.69. The molecule has 0 aliphatic rings. The third-order valence-corrected chi connectivity index (χ3v) is 4.05. The van der Waals surface area contributed by atoms with Crippen molar-refractivity contribution in [3.8, 4) is 0 Å². The molecule has 1 aromatic carbocycles. The summed E-state index contributed by atoms with van der Waals surface area (Å²) in [5.41, 5.74) is 0.983. The Hall–Kier alpha value is -1.17. The van der Waals surface area contributed by atoms with E-state index in [-0.39, 0.29) is 24.0 Å². The highest BCUT2D eigenvalue weighted by atomic mass is 32.2. The summed E-state index contributed by atoms with van der Waals surface area (Å²) in [6.07, 6.45) is 3.71. The summed E-state index contributed by atoms with van der Waals surface area (Å²) < 4.78 is 28.9. The molecule has 112 valence electrons. The van der Waals surface area contributed by atoms with Crippen LogP contribution in [0, 0.1) is 18.8 Å². The zero-order valence-corrected chi connectivity index (χ0v) is 12.9. The third kappa shape index (κ3) is 5.45. The van der Waals surface area contributed by atoms with E-state index in [0.29, 0.717) is 5.92 Å². The predicted molar refractivity (Wildman–Crippen MR) is 78.9 cm³/mol. The fraction of sp³-hybridized carbons (Fsp3) is 0.467. The molecule has 0 fully saturated rings. The molecule has 1 N–H and O–H groups in total. The maximum Gasteiger partial charge on any atom is 0.296 e. The number of aliphatic hydroxyl groups is 1. The zero-order valence-electron chi connectivity index (χ0n) is 12.1. The molecule has 0 aliphatic heterocycles. The number of benzene rings is 1. The average Bonchev–Trinajstić information content (AvgIpc) is 2.39. The first-order valence-electron chi connectivity index (χ1n) is 6.60. The minimum absolute atomic E-state index is 0.0596. The van der Waals surface area contributed by atoms with Gasteiger partial charge in [-0.1, -0.05) is 43.7 Å². The minimum Gasteiger partial charge on any atom is -0.396 e. The summed E-state index contributed by atoms with van der Waals surface area (Å²) >= 11 is 0. The van der Waals surface area contributed by atoms with Crippen LogP contribution in [0.5, 0.6) is 0 Å². The molecule has 5 heteroatoms. The third-order valence-electron chi connectivity index (χ3n) is 2.75. The second-order valence-electron chi connectivity index (χ2n) is 5.12. The molecule has 20 heavy (non-hydrogen) atoms. The van der Waals surface area contributed by atoms with Crippen molar-refractivity contribution in [3.05, 3.63) is 42.0 Å². The molecule has 0 bridgehead atoms. The van der Waals surface area contributed by atoms with Crippen LogP contribution in [0.4, 0.5) is 0 Å². The summed E-state index contributed by atoms with van der Waals surface area (Å²) in [6.45, 7) is 5.70. The smallest absolute Gasteiger partial charge is 0.296 e. The van der Waals surface area contributed by atoms with Crippen LogP contribution < -0.4 is 0 Å². The number of rotatable bonds is 7. The molecule has 0 heterocycles. The van der Waals surface area contributed by atoms with Crippen LogP contribution in [0.3, 0.4) is 0 Å². The highest BCUT2D eigenvalue weighted by molar-refractivity contribution is 7.86. The van der Waals surface area contributed by atoms with Gasteiger partial charge in [-0.25, -0.2) is 0 Å². The van der Waals surface area contributed by atoms with Crippen molar-refractivity contribution >= 4 is 10.1 Å². The fourth-order valence-electron chi connectivity index (χ4n) is 1.50. The Morgan fingerprint density at radius 2 is 1.80 bits per heavy atom.